The number of benzene rings is 1. The van der Waals surface area contributed by atoms with E-state index in [2.05, 4.69) is 0 Å². The molecule has 0 aromatic heterocycles. The molecule has 0 aliphatic rings. The Morgan fingerprint density at radius 3 is 2.55 bits per heavy atom. The molecule has 0 heterocycles. The van der Waals surface area contributed by atoms with Gasteiger partial charge in [-0.15, -0.1) is 0 Å². The van der Waals surface area contributed by atoms with E-state index in [1.165, 1.54) is 12.1 Å². The summed E-state index contributed by atoms with van der Waals surface area (Å²) in [5.41, 5.74) is 5.61. The number of nitrogens with two attached hydrogens (primary N) is 1. The number of carboxylic acids is 1. The number of carbonyl (C=O) groups is 1. The molecule has 2 atom stereocenters. The maximum absolute atomic E-state index is 10.7. The topological polar surface area (TPSA) is 116 Å². The Kier molecular flexibility index (Phi) is 7.31. The normalized spacial score (nSPS) is 13.4. The van der Waals surface area contributed by atoms with Crippen molar-refractivity contribution in [3.63, 3.8) is 0 Å². The van der Waals surface area contributed by atoms with Crippen LogP contribution in [-0.2, 0) is 4.79 Å². The minimum Gasteiger partial charge on any atom is -0.494 e. The Morgan fingerprint density at radius 1 is 1.41 bits per heavy atom. The number of aliphatic carboxylic acids is 1. The molecule has 1 unspecified atom stereocenters. The van der Waals surface area contributed by atoms with E-state index in [1.54, 1.807) is 12.1 Å². The number of nitro benzene ring substituents is 1. The lowest BCUT2D eigenvalue weighted by Crippen LogP contribution is -2.21. The van der Waals surface area contributed by atoms with Gasteiger partial charge in [-0.3, -0.25) is 14.9 Å². The third-order valence-corrected chi connectivity index (χ3v) is 3.46. The summed E-state index contributed by atoms with van der Waals surface area (Å²) in [7, 11) is 0. The summed E-state index contributed by atoms with van der Waals surface area (Å²) in [6.45, 7) is 2.87. The predicted molar refractivity (Wildman–Crippen MR) is 81.8 cm³/mol. The van der Waals surface area contributed by atoms with Crippen molar-refractivity contribution in [2.45, 2.75) is 26.2 Å². The fourth-order valence-electron chi connectivity index (χ4n) is 2.24. The van der Waals surface area contributed by atoms with Gasteiger partial charge < -0.3 is 15.6 Å². The fraction of sp³-hybridized carbons (Fsp3) is 0.533. The van der Waals surface area contributed by atoms with Crippen LogP contribution in [0.5, 0.6) is 5.75 Å². The van der Waals surface area contributed by atoms with Crippen molar-refractivity contribution in [1.82, 2.24) is 0 Å². The monoisotopic (exact) mass is 310 g/mol. The Morgan fingerprint density at radius 2 is 2.05 bits per heavy atom. The molecule has 0 spiro atoms. The average molecular weight is 310 g/mol. The Labute approximate surface area is 129 Å². The third kappa shape index (κ3) is 6.53. The number of nitrogens with zero attached hydrogens (tertiary/aromatic N) is 1. The minimum absolute atomic E-state index is 0.0214. The van der Waals surface area contributed by atoms with Crippen LogP contribution in [0, 0.1) is 22.0 Å². The Balaban J connectivity index is 2.33. The van der Waals surface area contributed by atoms with Crippen molar-refractivity contribution >= 4 is 11.7 Å². The number of rotatable bonds is 10. The second-order valence-electron chi connectivity index (χ2n) is 5.43. The fourth-order valence-corrected chi connectivity index (χ4v) is 2.24. The molecule has 1 aromatic carbocycles. The minimum atomic E-state index is -0.829. The number of hydrogen-bond donors (Lipinski definition) is 2. The molecule has 0 bridgehead atoms. The molecule has 0 amide bonds. The van der Waals surface area contributed by atoms with Gasteiger partial charge in [0.25, 0.3) is 5.69 Å². The van der Waals surface area contributed by atoms with Crippen LogP contribution in [-0.4, -0.2) is 29.2 Å². The van der Waals surface area contributed by atoms with Gasteiger partial charge in [-0.05, 0) is 43.4 Å². The molecular weight excluding hydrogens is 288 g/mol. The number of non-ortho nitro benzene ring substituents is 1. The molecular formula is C15H22N2O5. The van der Waals surface area contributed by atoms with E-state index >= 15 is 0 Å². The summed E-state index contributed by atoms with van der Waals surface area (Å²) in [5.74, 6) is 0.0290. The summed E-state index contributed by atoms with van der Waals surface area (Å²) in [6, 6.07) is 5.93. The van der Waals surface area contributed by atoms with Crippen LogP contribution < -0.4 is 10.5 Å². The van der Waals surface area contributed by atoms with Crippen LogP contribution >= 0.6 is 0 Å². The molecule has 1 rings (SSSR count). The zero-order chi connectivity index (χ0) is 16.5. The molecule has 7 nitrogen and oxygen atoms in total. The zero-order valence-corrected chi connectivity index (χ0v) is 12.6. The summed E-state index contributed by atoms with van der Waals surface area (Å²) >= 11 is 0. The average Bonchev–Trinajstić information content (AvgIpc) is 2.46. The first-order valence-corrected chi connectivity index (χ1v) is 7.21. The second-order valence-corrected chi connectivity index (χ2v) is 5.43. The first-order valence-electron chi connectivity index (χ1n) is 7.21. The van der Waals surface area contributed by atoms with Crippen molar-refractivity contribution < 1.29 is 19.6 Å². The maximum Gasteiger partial charge on any atom is 0.303 e. The van der Waals surface area contributed by atoms with Crippen LogP contribution in [0.2, 0.25) is 0 Å². The molecule has 0 aliphatic heterocycles. The molecule has 7 heteroatoms. The first kappa shape index (κ1) is 17.9. The van der Waals surface area contributed by atoms with Gasteiger partial charge in [0.15, 0.2) is 0 Å². The smallest absolute Gasteiger partial charge is 0.303 e. The standard InChI is InChI=1S/C15H22N2O5/c1-11(8-12(10-16)9-15(18)19)6-7-22-14-4-2-13(3-5-14)17(20)21/h2-5,11-12H,6-10,16H2,1H3,(H,18,19)/t11?,12-/m0/s1. The van der Waals surface area contributed by atoms with Crippen LogP contribution in [0.1, 0.15) is 26.2 Å². The zero-order valence-electron chi connectivity index (χ0n) is 12.6. The van der Waals surface area contributed by atoms with Gasteiger partial charge in [-0.25, -0.2) is 0 Å². The van der Waals surface area contributed by atoms with Crippen molar-refractivity contribution in [3.8, 4) is 5.75 Å². The second kappa shape index (κ2) is 8.99. The highest BCUT2D eigenvalue weighted by atomic mass is 16.6. The third-order valence-electron chi connectivity index (χ3n) is 3.46. The van der Waals surface area contributed by atoms with E-state index < -0.39 is 10.9 Å². The van der Waals surface area contributed by atoms with Gasteiger partial charge in [0, 0.05) is 18.6 Å². The molecule has 0 fully saturated rings. The van der Waals surface area contributed by atoms with Crippen LogP contribution in [0.25, 0.3) is 0 Å². The number of carboxylic acid groups (broad SMARTS) is 1. The van der Waals surface area contributed by atoms with E-state index in [4.69, 9.17) is 15.6 Å². The van der Waals surface area contributed by atoms with Gasteiger partial charge in [0.1, 0.15) is 5.75 Å². The summed E-state index contributed by atoms with van der Waals surface area (Å²) in [6.07, 6.45) is 1.60. The van der Waals surface area contributed by atoms with Gasteiger partial charge in [-0.1, -0.05) is 6.92 Å². The number of nitro groups is 1. The molecule has 0 radical (unpaired) electrons. The van der Waals surface area contributed by atoms with Crippen LogP contribution in [0.3, 0.4) is 0 Å². The van der Waals surface area contributed by atoms with Crippen molar-refractivity contribution in [2.24, 2.45) is 17.6 Å². The Bertz CT molecular complexity index is 489. The lowest BCUT2D eigenvalue weighted by Gasteiger charge is -2.18. The molecule has 1 aromatic rings. The van der Waals surface area contributed by atoms with Crippen molar-refractivity contribution in [1.29, 1.82) is 0 Å². The van der Waals surface area contributed by atoms with Crippen LogP contribution in [0.15, 0.2) is 24.3 Å². The quantitative estimate of drug-likeness (QED) is 0.506. The van der Waals surface area contributed by atoms with Gasteiger partial charge in [0.2, 0.25) is 0 Å². The number of hydrogen-bond acceptors (Lipinski definition) is 5. The predicted octanol–water partition coefficient (Wildman–Crippen LogP) is 2.44. The molecule has 0 saturated heterocycles. The summed E-state index contributed by atoms with van der Waals surface area (Å²) in [4.78, 5) is 20.8. The van der Waals surface area contributed by atoms with Gasteiger partial charge >= 0.3 is 5.97 Å². The summed E-state index contributed by atoms with van der Waals surface area (Å²) in [5, 5.41) is 19.3. The van der Waals surface area contributed by atoms with E-state index in [9.17, 15) is 14.9 Å². The Hall–Kier alpha value is -2.15. The van der Waals surface area contributed by atoms with Crippen LogP contribution in [0.4, 0.5) is 5.69 Å². The molecule has 3 N–H and O–H groups in total. The molecule has 122 valence electrons. The van der Waals surface area contributed by atoms with E-state index in [0.29, 0.717) is 24.8 Å². The van der Waals surface area contributed by atoms with E-state index in [1.807, 2.05) is 6.92 Å². The van der Waals surface area contributed by atoms with Crippen molar-refractivity contribution in [2.75, 3.05) is 13.2 Å². The van der Waals surface area contributed by atoms with E-state index in [0.717, 1.165) is 12.8 Å². The lowest BCUT2D eigenvalue weighted by atomic mass is 9.91. The molecule has 22 heavy (non-hydrogen) atoms. The maximum atomic E-state index is 10.7. The molecule has 0 saturated carbocycles. The van der Waals surface area contributed by atoms with Gasteiger partial charge in [-0.2, -0.15) is 0 Å². The highest BCUT2D eigenvalue weighted by molar-refractivity contribution is 5.67. The van der Waals surface area contributed by atoms with Crippen molar-refractivity contribution in [3.05, 3.63) is 34.4 Å². The summed E-state index contributed by atoms with van der Waals surface area (Å²) < 4.78 is 5.54. The largest absolute Gasteiger partial charge is 0.494 e. The highest BCUT2D eigenvalue weighted by Gasteiger charge is 2.15. The van der Waals surface area contributed by atoms with Gasteiger partial charge in [0.05, 0.1) is 11.5 Å². The van der Waals surface area contributed by atoms with E-state index in [-0.39, 0.29) is 18.0 Å². The first-order chi connectivity index (χ1) is 10.4. The number of ether oxygens (including phenoxy) is 1. The SMILES string of the molecule is CC(CCOc1ccc([N+](=O)[O-])cc1)C[C@H](CN)CC(=O)O. The highest BCUT2D eigenvalue weighted by Crippen LogP contribution is 2.20. The molecule has 0 aliphatic carbocycles. The lowest BCUT2D eigenvalue weighted by molar-refractivity contribution is -0.384.